The fourth-order valence-corrected chi connectivity index (χ4v) is 2.24. The summed E-state index contributed by atoms with van der Waals surface area (Å²) in [6, 6.07) is 7.16. The first-order valence-corrected chi connectivity index (χ1v) is 6.96. The van der Waals surface area contributed by atoms with Crippen LogP contribution in [0.15, 0.2) is 41.1 Å². The Balaban J connectivity index is 2.10. The van der Waals surface area contributed by atoms with Crippen molar-refractivity contribution in [1.82, 2.24) is 4.98 Å². The van der Waals surface area contributed by atoms with Gasteiger partial charge in [-0.05, 0) is 40.2 Å². The van der Waals surface area contributed by atoms with Crippen LogP contribution in [0.2, 0.25) is 5.02 Å². The van der Waals surface area contributed by atoms with Crippen molar-refractivity contribution in [3.63, 3.8) is 0 Å². The summed E-state index contributed by atoms with van der Waals surface area (Å²) in [5, 5.41) is 0.480. The van der Waals surface area contributed by atoms with E-state index in [1.807, 2.05) is 6.07 Å². The van der Waals surface area contributed by atoms with E-state index in [0.29, 0.717) is 22.4 Å². The van der Waals surface area contributed by atoms with Gasteiger partial charge in [-0.25, -0.2) is 0 Å². The minimum atomic E-state index is 0.310. The predicted octanol–water partition coefficient (Wildman–Crippen LogP) is 3.71. The molecule has 6 heteroatoms. The lowest BCUT2D eigenvalue weighted by atomic mass is 10.2. The third-order valence-corrected chi connectivity index (χ3v) is 3.34. The summed E-state index contributed by atoms with van der Waals surface area (Å²) in [6.07, 6.45) is 3.45. The van der Waals surface area contributed by atoms with Gasteiger partial charge in [0.25, 0.3) is 0 Å². The maximum Gasteiger partial charge on any atom is 0.138 e. The second kappa shape index (κ2) is 6.32. The van der Waals surface area contributed by atoms with E-state index in [1.165, 1.54) is 0 Å². The van der Waals surface area contributed by atoms with Gasteiger partial charge < -0.3 is 10.5 Å². The zero-order valence-corrected chi connectivity index (χ0v) is 12.9. The zero-order chi connectivity index (χ0) is 13.8. The summed E-state index contributed by atoms with van der Waals surface area (Å²) in [6.45, 7) is 0.387. The van der Waals surface area contributed by atoms with Gasteiger partial charge in [0.2, 0.25) is 0 Å². The Morgan fingerprint density at radius 2 is 2.16 bits per heavy atom. The Labute approximate surface area is 129 Å². The van der Waals surface area contributed by atoms with Crippen LogP contribution in [0.4, 0.5) is 0 Å². The lowest BCUT2D eigenvalue weighted by molar-refractivity contribution is 0.306. The van der Waals surface area contributed by atoms with E-state index in [1.54, 1.807) is 30.6 Å². The molecule has 0 bridgehead atoms. The van der Waals surface area contributed by atoms with Gasteiger partial charge in [-0.15, -0.1) is 0 Å². The summed E-state index contributed by atoms with van der Waals surface area (Å²) < 4.78 is 6.54. The van der Waals surface area contributed by atoms with E-state index in [2.05, 4.69) is 20.9 Å². The number of benzene rings is 1. The molecule has 0 spiro atoms. The molecule has 0 saturated carbocycles. The highest BCUT2D eigenvalue weighted by molar-refractivity contribution is 9.10. The third-order valence-electron chi connectivity index (χ3n) is 2.37. The molecule has 0 aliphatic rings. The minimum absolute atomic E-state index is 0.310. The molecule has 0 unspecified atom stereocenters. The first-order chi connectivity index (χ1) is 9.06. The van der Waals surface area contributed by atoms with Gasteiger partial charge in [0.15, 0.2) is 0 Å². The normalized spacial score (nSPS) is 10.2. The SMILES string of the molecule is NC(=S)c1ccc(OCc2cncc(Br)c2)c(Cl)c1. The van der Waals surface area contributed by atoms with E-state index in [0.717, 1.165) is 15.6 Å². The first kappa shape index (κ1) is 14.2. The van der Waals surface area contributed by atoms with Crippen LogP contribution in [0.3, 0.4) is 0 Å². The second-order valence-corrected chi connectivity index (χ2v) is 5.57. The molecule has 2 rings (SSSR count). The zero-order valence-electron chi connectivity index (χ0n) is 9.77. The molecule has 0 amide bonds. The van der Waals surface area contributed by atoms with Crippen molar-refractivity contribution in [2.75, 3.05) is 0 Å². The molecule has 0 radical (unpaired) electrons. The Morgan fingerprint density at radius 1 is 1.37 bits per heavy atom. The number of ether oxygens (including phenoxy) is 1. The van der Waals surface area contributed by atoms with E-state index in [9.17, 15) is 0 Å². The highest BCUT2D eigenvalue weighted by Gasteiger charge is 2.05. The quantitative estimate of drug-likeness (QED) is 0.847. The lowest BCUT2D eigenvalue weighted by Crippen LogP contribution is -2.09. The van der Waals surface area contributed by atoms with Crippen molar-refractivity contribution < 1.29 is 4.74 Å². The van der Waals surface area contributed by atoms with Crippen molar-refractivity contribution in [2.45, 2.75) is 6.61 Å². The second-order valence-electron chi connectivity index (χ2n) is 3.81. The van der Waals surface area contributed by atoms with E-state index in [4.69, 9.17) is 34.3 Å². The van der Waals surface area contributed by atoms with Crippen LogP contribution in [0.1, 0.15) is 11.1 Å². The highest BCUT2D eigenvalue weighted by atomic mass is 79.9. The van der Waals surface area contributed by atoms with Crippen LogP contribution in [-0.4, -0.2) is 9.97 Å². The largest absolute Gasteiger partial charge is 0.487 e. The number of nitrogens with two attached hydrogens (primary N) is 1. The molecule has 0 atom stereocenters. The van der Waals surface area contributed by atoms with Gasteiger partial charge in [0.05, 0.1) is 5.02 Å². The molecular formula is C13H10BrClN2OS. The number of pyridine rings is 1. The standard InChI is InChI=1S/C13H10BrClN2OS/c14-10-3-8(5-17-6-10)7-18-12-2-1-9(13(16)19)4-11(12)15/h1-6H,7H2,(H2,16,19). The number of nitrogens with zero attached hydrogens (tertiary/aromatic N) is 1. The molecule has 98 valence electrons. The summed E-state index contributed by atoms with van der Waals surface area (Å²) >= 11 is 14.3. The molecule has 19 heavy (non-hydrogen) atoms. The molecule has 2 aromatic rings. The van der Waals surface area contributed by atoms with Crippen LogP contribution in [0.5, 0.6) is 5.75 Å². The number of hydrogen-bond acceptors (Lipinski definition) is 3. The molecule has 0 aliphatic heterocycles. The van der Waals surface area contributed by atoms with Crippen molar-refractivity contribution in [2.24, 2.45) is 5.73 Å². The fraction of sp³-hybridized carbons (Fsp3) is 0.0769. The number of thiocarbonyl (C=S) groups is 1. The topological polar surface area (TPSA) is 48.1 Å². The monoisotopic (exact) mass is 356 g/mol. The maximum absolute atomic E-state index is 6.11. The van der Waals surface area contributed by atoms with Gasteiger partial charge in [-0.3, -0.25) is 4.98 Å². The predicted molar refractivity (Wildman–Crippen MR) is 83.6 cm³/mol. The van der Waals surface area contributed by atoms with Gasteiger partial charge in [-0.1, -0.05) is 23.8 Å². The van der Waals surface area contributed by atoms with Gasteiger partial charge >= 0.3 is 0 Å². The van der Waals surface area contributed by atoms with Crippen LogP contribution < -0.4 is 10.5 Å². The van der Waals surface area contributed by atoms with E-state index < -0.39 is 0 Å². The number of halogens is 2. The van der Waals surface area contributed by atoms with Gasteiger partial charge in [0.1, 0.15) is 17.3 Å². The molecule has 1 aromatic carbocycles. The summed E-state index contributed by atoms with van der Waals surface area (Å²) in [7, 11) is 0. The van der Waals surface area contributed by atoms with E-state index in [-0.39, 0.29) is 0 Å². The van der Waals surface area contributed by atoms with Gasteiger partial charge in [0, 0.05) is 28.0 Å². The van der Waals surface area contributed by atoms with Crippen molar-refractivity contribution in [3.05, 3.63) is 57.3 Å². The number of aromatic nitrogens is 1. The average molecular weight is 358 g/mol. The van der Waals surface area contributed by atoms with Crippen molar-refractivity contribution >= 4 is 44.7 Å². The van der Waals surface area contributed by atoms with Crippen LogP contribution in [-0.2, 0) is 6.61 Å². The average Bonchev–Trinajstić information content (AvgIpc) is 2.37. The van der Waals surface area contributed by atoms with Crippen LogP contribution in [0, 0.1) is 0 Å². The molecule has 1 aromatic heterocycles. The fourth-order valence-electron chi connectivity index (χ4n) is 1.47. The molecule has 0 fully saturated rings. The Morgan fingerprint density at radius 3 is 2.79 bits per heavy atom. The molecule has 1 heterocycles. The maximum atomic E-state index is 6.11. The Bertz CT molecular complexity index is 621. The van der Waals surface area contributed by atoms with Gasteiger partial charge in [-0.2, -0.15) is 0 Å². The smallest absolute Gasteiger partial charge is 0.138 e. The first-order valence-electron chi connectivity index (χ1n) is 5.38. The lowest BCUT2D eigenvalue weighted by Gasteiger charge is -2.09. The van der Waals surface area contributed by atoms with Crippen LogP contribution >= 0.6 is 39.7 Å². The molecule has 0 aliphatic carbocycles. The molecule has 3 nitrogen and oxygen atoms in total. The van der Waals surface area contributed by atoms with Crippen molar-refractivity contribution in [3.8, 4) is 5.75 Å². The summed E-state index contributed by atoms with van der Waals surface area (Å²) in [5.74, 6) is 0.585. The van der Waals surface area contributed by atoms with Crippen LogP contribution in [0.25, 0.3) is 0 Å². The Kier molecular flexibility index (Phi) is 4.74. The van der Waals surface area contributed by atoms with E-state index >= 15 is 0 Å². The van der Waals surface area contributed by atoms with Crippen molar-refractivity contribution in [1.29, 1.82) is 0 Å². The Hall–Kier alpha value is -1.17. The number of rotatable bonds is 4. The third kappa shape index (κ3) is 3.89. The highest BCUT2D eigenvalue weighted by Crippen LogP contribution is 2.26. The molecule has 2 N–H and O–H groups in total. The molecular weight excluding hydrogens is 348 g/mol. The summed E-state index contributed by atoms with van der Waals surface area (Å²) in [4.78, 5) is 4.37. The summed E-state index contributed by atoms with van der Waals surface area (Å²) in [5.41, 5.74) is 7.20. The minimum Gasteiger partial charge on any atom is -0.487 e. The molecule has 0 saturated heterocycles. The number of hydrogen-bond donors (Lipinski definition) is 1.